The second kappa shape index (κ2) is 6.31. The van der Waals surface area contributed by atoms with E-state index in [1.54, 1.807) is 6.26 Å². The van der Waals surface area contributed by atoms with Crippen molar-refractivity contribution in [1.82, 2.24) is 0 Å². The van der Waals surface area contributed by atoms with E-state index in [2.05, 4.69) is 6.07 Å². The molecule has 1 aromatic carbocycles. The molecule has 3 aromatic rings. The van der Waals surface area contributed by atoms with E-state index in [9.17, 15) is 4.79 Å². The monoisotopic (exact) mass is 346 g/mol. The molecule has 0 aliphatic heterocycles. The Labute approximate surface area is 152 Å². The molecule has 2 heterocycles. The van der Waals surface area contributed by atoms with Crippen LogP contribution in [0.25, 0.3) is 16.5 Å². The van der Waals surface area contributed by atoms with Crippen molar-refractivity contribution in [3.8, 4) is 0 Å². The summed E-state index contributed by atoms with van der Waals surface area (Å²) in [7, 11) is 0. The van der Waals surface area contributed by atoms with Crippen molar-refractivity contribution in [3.05, 3.63) is 75.5 Å². The molecule has 132 valence electrons. The molecular formula is C23H22O3. The minimum absolute atomic E-state index is 0.132. The molecule has 3 nitrogen and oxygen atoms in total. The summed E-state index contributed by atoms with van der Waals surface area (Å²) in [5.74, 6) is 2.00. The number of hydrogen-bond donors (Lipinski definition) is 0. The highest BCUT2D eigenvalue weighted by Gasteiger charge is 2.33. The SMILES string of the molecule is O=c1c2c(oc3ccccc13)CC(c1ccco1)C1=C2CCCCCC1. The minimum Gasteiger partial charge on any atom is -0.469 e. The third-order valence-corrected chi connectivity index (χ3v) is 5.88. The largest absolute Gasteiger partial charge is 0.469 e. The number of allylic oxidation sites excluding steroid dienone is 2. The Bertz CT molecular complexity index is 1040. The van der Waals surface area contributed by atoms with Crippen LogP contribution in [-0.2, 0) is 6.42 Å². The summed E-state index contributed by atoms with van der Waals surface area (Å²) in [5.41, 5.74) is 4.28. The maximum Gasteiger partial charge on any atom is 0.200 e. The van der Waals surface area contributed by atoms with E-state index in [1.165, 1.54) is 30.4 Å². The third kappa shape index (κ3) is 2.45. The third-order valence-electron chi connectivity index (χ3n) is 5.88. The lowest BCUT2D eigenvalue weighted by Gasteiger charge is -2.30. The molecule has 0 radical (unpaired) electrons. The first-order valence-corrected chi connectivity index (χ1v) is 9.63. The zero-order valence-corrected chi connectivity index (χ0v) is 14.8. The fourth-order valence-electron chi connectivity index (χ4n) is 4.66. The van der Waals surface area contributed by atoms with E-state index >= 15 is 0 Å². The highest BCUT2D eigenvalue weighted by atomic mass is 16.3. The lowest BCUT2D eigenvalue weighted by molar-refractivity contribution is 0.439. The van der Waals surface area contributed by atoms with Crippen molar-refractivity contribution in [2.75, 3.05) is 0 Å². The zero-order valence-electron chi connectivity index (χ0n) is 14.8. The summed E-state index contributed by atoms with van der Waals surface area (Å²) in [5, 5.41) is 0.691. The molecule has 0 amide bonds. The molecule has 1 unspecified atom stereocenters. The smallest absolute Gasteiger partial charge is 0.200 e. The predicted octanol–water partition coefficient (Wildman–Crippen LogP) is 5.83. The summed E-state index contributed by atoms with van der Waals surface area (Å²) in [6, 6.07) is 11.6. The van der Waals surface area contributed by atoms with Gasteiger partial charge in [-0.05, 0) is 55.5 Å². The molecule has 26 heavy (non-hydrogen) atoms. The highest BCUT2D eigenvalue weighted by molar-refractivity contribution is 5.83. The van der Waals surface area contributed by atoms with Gasteiger partial charge < -0.3 is 8.83 Å². The van der Waals surface area contributed by atoms with Crippen LogP contribution >= 0.6 is 0 Å². The molecule has 0 fully saturated rings. The van der Waals surface area contributed by atoms with Crippen molar-refractivity contribution in [3.63, 3.8) is 0 Å². The van der Waals surface area contributed by atoms with Crippen LogP contribution in [0.2, 0.25) is 0 Å². The normalized spacial score (nSPS) is 20.4. The van der Waals surface area contributed by atoms with Gasteiger partial charge in [0, 0.05) is 12.3 Å². The van der Waals surface area contributed by atoms with Gasteiger partial charge in [-0.25, -0.2) is 0 Å². The molecule has 5 rings (SSSR count). The quantitative estimate of drug-likeness (QED) is 0.556. The maximum atomic E-state index is 13.3. The van der Waals surface area contributed by atoms with Gasteiger partial charge in [0.15, 0.2) is 5.43 Å². The number of hydrogen-bond acceptors (Lipinski definition) is 3. The first-order valence-electron chi connectivity index (χ1n) is 9.63. The summed E-state index contributed by atoms with van der Waals surface area (Å²) < 4.78 is 12.0. The molecule has 3 heteroatoms. The number of fused-ring (bicyclic) bond motifs is 3. The Balaban J connectivity index is 1.78. The van der Waals surface area contributed by atoms with Crippen LogP contribution < -0.4 is 5.43 Å². The van der Waals surface area contributed by atoms with Crippen LogP contribution in [0.4, 0.5) is 0 Å². The van der Waals surface area contributed by atoms with E-state index in [-0.39, 0.29) is 11.3 Å². The van der Waals surface area contributed by atoms with Gasteiger partial charge in [0.1, 0.15) is 17.1 Å². The predicted molar refractivity (Wildman–Crippen MR) is 102 cm³/mol. The Hall–Kier alpha value is -2.55. The van der Waals surface area contributed by atoms with E-state index in [0.29, 0.717) is 17.4 Å². The first kappa shape index (κ1) is 15.7. The average molecular weight is 346 g/mol. The molecule has 0 bridgehead atoms. The van der Waals surface area contributed by atoms with Gasteiger partial charge in [0.2, 0.25) is 0 Å². The molecule has 1 atom stereocenters. The van der Waals surface area contributed by atoms with Crippen LogP contribution in [0.15, 0.2) is 61.9 Å². The van der Waals surface area contributed by atoms with E-state index in [1.807, 2.05) is 30.3 Å². The molecule has 2 aliphatic rings. The van der Waals surface area contributed by atoms with Gasteiger partial charge in [-0.3, -0.25) is 4.79 Å². The second-order valence-corrected chi connectivity index (χ2v) is 7.42. The molecule has 0 saturated heterocycles. The standard InChI is InChI=1S/C23H22O3/c24-23-17-10-5-6-11-20(17)26-21-14-18(19-12-7-13-25-19)15-8-3-1-2-4-9-16(15)22(21)23/h5-7,10-13,18H,1-4,8-9,14H2. The Kier molecular flexibility index (Phi) is 3.81. The van der Waals surface area contributed by atoms with Gasteiger partial charge in [-0.2, -0.15) is 0 Å². The molecule has 0 spiro atoms. The van der Waals surface area contributed by atoms with E-state index < -0.39 is 0 Å². The number of furan rings is 1. The van der Waals surface area contributed by atoms with Crippen LogP contribution in [0, 0.1) is 0 Å². The molecule has 0 saturated carbocycles. The van der Waals surface area contributed by atoms with Gasteiger partial charge >= 0.3 is 0 Å². The number of benzene rings is 1. The van der Waals surface area contributed by atoms with Crippen molar-refractivity contribution < 1.29 is 8.83 Å². The maximum absolute atomic E-state index is 13.3. The highest BCUT2D eigenvalue weighted by Crippen LogP contribution is 2.45. The van der Waals surface area contributed by atoms with Crippen LogP contribution in [0.3, 0.4) is 0 Å². The summed E-state index contributed by atoms with van der Waals surface area (Å²) in [4.78, 5) is 13.3. The van der Waals surface area contributed by atoms with Crippen molar-refractivity contribution in [1.29, 1.82) is 0 Å². The van der Waals surface area contributed by atoms with Crippen molar-refractivity contribution in [2.45, 2.75) is 50.9 Å². The van der Waals surface area contributed by atoms with Crippen LogP contribution in [-0.4, -0.2) is 0 Å². The number of rotatable bonds is 1. The number of para-hydroxylation sites is 1. The fourth-order valence-corrected chi connectivity index (χ4v) is 4.66. The van der Waals surface area contributed by atoms with Gasteiger partial charge in [-0.1, -0.05) is 30.5 Å². The van der Waals surface area contributed by atoms with Gasteiger partial charge in [0.25, 0.3) is 0 Å². The molecule has 0 N–H and O–H groups in total. The summed E-state index contributed by atoms with van der Waals surface area (Å²) in [6.45, 7) is 0. The topological polar surface area (TPSA) is 43.4 Å². The Morgan fingerprint density at radius 2 is 1.77 bits per heavy atom. The zero-order chi connectivity index (χ0) is 17.5. The summed E-state index contributed by atoms with van der Waals surface area (Å²) in [6.07, 6.45) is 9.28. The second-order valence-electron chi connectivity index (χ2n) is 7.42. The van der Waals surface area contributed by atoms with Crippen molar-refractivity contribution >= 4 is 16.5 Å². The van der Waals surface area contributed by atoms with Crippen LogP contribution in [0.1, 0.15) is 61.5 Å². The van der Waals surface area contributed by atoms with E-state index in [4.69, 9.17) is 8.83 Å². The van der Waals surface area contributed by atoms with Crippen molar-refractivity contribution in [2.24, 2.45) is 0 Å². The Morgan fingerprint density at radius 3 is 2.62 bits per heavy atom. The minimum atomic E-state index is 0.132. The average Bonchev–Trinajstić information content (AvgIpc) is 3.16. The first-order chi connectivity index (χ1) is 12.8. The van der Waals surface area contributed by atoms with Crippen LogP contribution in [0.5, 0.6) is 0 Å². The van der Waals surface area contributed by atoms with E-state index in [0.717, 1.165) is 36.3 Å². The van der Waals surface area contributed by atoms with Gasteiger partial charge in [-0.15, -0.1) is 0 Å². The molecule has 2 aliphatic carbocycles. The Morgan fingerprint density at radius 1 is 0.923 bits per heavy atom. The molecule has 2 aromatic heterocycles. The fraction of sp³-hybridized carbons (Fsp3) is 0.348. The lowest BCUT2D eigenvalue weighted by Crippen LogP contribution is -2.22. The molecular weight excluding hydrogens is 324 g/mol. The lowest BCUT2D eigenvalue weighted by atomic mass is 9.75. The van der Waals surface area contributed by atoms with Gasteiger partial charge in [0.05, 0.1) is 17.2 Å². The summed E-state index contributed by atoms with van der Waals surface area (Å²) >= 11 is 0.